The lowest BCUT2D eigenvalue weighted by atomic mass is 10.1. The molecule has 0 unspecified atom stereocenters. The van der Waals surface area contributed by atoms with Gasteiger partial charge in [-0.3, -0.25) is 0 Å². The predicted octanol–water partition coefficient (Wildman–Crippen LogP) is 3.63. The van der Waals surface area contributed by atoms with E-state index in [0.29, 0.717) is 5.56 Å². The molecule has 0 spiro atoms. The van der Waals surface area contributed by atoms with Gasteiger partial charge in [-0.15, -0.1) is 12.4 Å². The van der Waals surface area contributed by atoms with Gasteiger partial charge in [0, 0.05) is 5.56 Å². The van der Waals surface area contributed by atoms with E-state index in [1.807, 2.05) is 0 Å². The van der Waals surface area contributed by atoms with E-state index in [1.165, 1.54) is 24.3 Å². The second kappa shape index (κ2) is 5.08. The summed E-state index contributed by atoms with van der Waals surface area (Å²) in [6, 6.07) is 5.71. The van der Waals surface area contributed by atoms with Crippen molar-refractivity contribution in [2.75, 3.05) is 0 Å². The summed E-state index contributed by atoms with van der Waals surface area (Å²) in [6.45, 7) is 0. The number of benzene rings is 1. The summed E-state index contributed by atoms with van der Waals surface area (Å²) in [4.78, 5) is 10.5. The van der Waals surface area contributed by atoms with E-state index < -0.39 is 9.76 Å². The number of alkyl halides is 3. The summed E-state index contributed by atoms with van der Waals surface area (Å²) in [5.41, 5.74) is 0.612. The zero-order chi connectivity index (χ0) is 10.1. The average Bonchev–Trinajstić information content (AvgIpc) is 2.03. The van der Waals surface area contributed by atoms with Crippen molar-refractivity contribution in [2.45, 2.75) is 3.79 Å². The zero-order valence-electron chi connectivity index (χ0n) is 6.71. The Balaban J connectivity index is 0.00000169. The third kappa shape index (κ3) is 3.54. The third-order valence-electron chi connectivity index (χ3n) is 1.46. The Bertz CT molecular complexity index is 315. The summed E-state index contributed by atoms with van der Waals surface area (Å²) in [7, 11) is 0. The molecule has 0 saturated carbocycles. The molecule has 0 aliphatic rings. The highest BCUT2D eigenvalue weighted by Crippen LogP contribution is 2.37. The lowest BCUT2D eigenvalue weighted by Crippen LogP contribution is -2.01. The molecule has 0 heterocycles. The molecule has 1 rings (SSSR count). The minimum atomic E-state index is -1.50. The fraction of sp³-hybridized carbons (Fsp3) is 0.125. The molecular formula is C8H6Cl4O2. The maximum atomic E-state index is 10.5. The van der Waals surface area contributed by atoms with E-state index in [-0.39, 0.29) is 18.0 Å². The van der Waals surface area contributed by atoms with Gasteiger partial charge in [-0.25, -0.2) is 4.79 Å². The van der Waals surface area contributed by atoms with Crippen LogP contribution in [0.25, 0.3) is 0 Å². The quantitative estimate of drug-likeness (QED) is 0.795. The molecule has 6 heteroatoms. The van der Waals surface area contributed by atoms with E-state index >= 15 is 0 Å². The lowest BCUT2D eigenvalue weighted by molar-refractivity contribution is 0.0697. The van der Waals surface area contributed by atoms with E-state index in [2.05, 4.69) is 0 Å². The van der Waals surface area contributed by atoms with Crippen LogP contribution in [-0.2, 0) is 3.79 Å². The Morgan fingerprint density at radius 1 is 1.14 bits per heavy atom. The van der Waals surface area contributed by atoms with Crippen molar-refractivity contribution in [2.24, 2.45) is 0 Å². The number of carboxylic acid groups (broad SMARTS) is 1. The number of hydrogen-bond acceptors (Lipinski definition) is 1. The van der Waals surface area contributed by atoms with E-state index in [0.717, 1.165) is 0 Å². The molecule has 0 fully saturated rings. The molecule has 14 heavy (non-hydrogen) atoms. The Labute approximate surface area is 102 Å². The van der Waals surface area contributed by atoms with Gasteiger partial charge < -0.3 is 5.11 Å². The Morgan fingerprint density at radius 2 is 1.57 bits per heavy atom. The molecule has 2 nitrogen and oxygen atoms in total. The molecule has 0 aromatic heterocycles. The van der Waals surface area contributed by atoms with Gasteiger partial charge in [0.15, 0.2) is 0 Å². The van der Waals surface area contributed by atoms with E-state index in [1.54, 1.807) is 0 Å². The first kappa shape index (κ1) is 13.8. The molecular weight excluding hydrogens is 270 g/mol. The Hall–Kier alpha value is -0.150. The first-order valence-electron chi connectivity index (χ1n) is 3.32. The Kier molecular flexibility index (Phi) is 5.02. The van der Waals surface area contributed by atoms with Gasteiger partial charge in [-0.1, -0.05) is 46.9 Å². The summed E-state index contributed by atoms with van der Waals surface area (Å²) in [5, 5.41) is 8.58. The molecule has 0 aliphatic carbocycles. The summed E-state index contributed by atoms with van der Waals surface area (Å²) in [5.74, 6) is -1.00. The van der Waals surface area contributed by atoms with Gasteiger partial charge in [-0.05, 0) is 12.1 Å². The highest BCUT2D eigenvalue weighted by Gasteiger charge is 2.22. The smallest absolute Gasteiger partial charge is 0.335 e. The number of halogens is 4. The SMILES string of the molecule is Cl.O=C(O)c1ccc(C(Cl)(Cl)Cl)cc1. The van der Waals surface area contributed by atoms with Crippen LogP contribution in [0.2, 0.25) is 0 Å². The van der Waals surface area contributed by atoms with Crippen LogP contribution in [0, 0.1) is 0 Å². The van der Waals surface area contributed by atoms with Crippen LogP contribution in [0.4, 0.5) is 0 Å². The van der Waals surface area contributed by atoms with Gasteiger partial charge in [0.2, 0.25) is 3.79 Å². The number of carboxylic acids is 1. The number of hydrogen-bond donors (Lipinski definition) is 1. The van der Waals surface area contributed by atoms with Gasteiger partial charge in [0.1, 0.15) is 0 Å². The first-order chi connectivity index (χ1) is 5.91. The molecule has 78 valence electrons. The van der Waals surface area contributed by atoms with Crippen molar-refractivity contribution in [1.29, 1.82) is 0 Å². The summed E-state index contributed by atoms with van der Waals surface area (Å²) >= 11 is 16.7. The van der Waals surface area contributed by atoms with Crippen molar-refractivity contribution in [3.8, 4) is 0 Å². The second-order valence-electron chi connectivity index (χ2n) is 2.38. The normalized spacial score (nSPS) is 10.5. The average molecular weight is 276 g/mol. The van der Waals surface area contributed by atoms with Crippen LogP contribution < -0.4 is 0 Å². The van der Waals surface area contributed by atoms with Crippen LogP contribution in [0.3, 0.4) is 0 Å². The minimum absolute atomic E-state index is 0. The predicted molar refractivity (Wildman–Crippen MR) is 59.9 cm³/mol. The van der Waals surface area contributed by atoms with Gasteiger partial charge in [0.25, 0.3) is 0 Å². The lowest BCUT2D eigenvalue weighted by Gasteiger charge is -2.10. The maximum Gasteiger partial charge on any atom is 0.335 e. The molecule has 0 aliphatic heterocycles. The molecule has 0 atom stereocenters. The molecule has 0 saturated heterocycles. The van der Waals surface area contributed by atoms with Gasteiger partial charge in [0.05, 0.1) is 5.56 Å². The van der Waals surface area contributed by atoms with Crippen LogP contribution in [0.15, 0.2) is 24.3 Å². The van der Waals surface area contributed by atoms with Crippen molar-refractivity contribution in [1.82, 2.24) is 0 Å². The standard InChI is InChI=1S/C8H5Cl3O2.ClH/c9-8(10,11)6-3-1-5(2-4-6)7(12)13;/h1-4H,(H,12,13);1H. The molecule has 0 bridgehead atoms. The zero-order valence-corrected chi connectivity index (χ0v) is 9.79. The van der Waals surface area contributed by atoms with E-state index in [9.17, 15) is 4.79 Å². The third-order valence-corrected chi connectivity index (χ3v) is 2.11. The van der Waals surface area contributed by atoms with Crippen molar-refractivity contribution < 1.29 is 9.90 Å². The fourth-order valence-electron chi connectivity index (χ4n) is 0.802. The summed E-state index contributed by atoms with van der Waals surface area (Å²) in [6.07, 6.45) is 0. The van der Waals surface area contributed by atoms with Crippen molar-refractivity contribution in [3.05, 3.63) is 35.4 Å². The number of aromatic carboxylic acids is 1. The van der Waals surface area contributed by atoms with Crippen LogP contribution in [0.1, 0.15) is 15.9 Å². The monoisotopic (exact) mass is 274 g/mol. The highest BCUT2D eigenvalue weighted by atomic mass is 35.6. The van der Waals surface area contributed by atoms with Crippen molar-refractivity contribution in [3.63, 3.8) is 0 Å². The van der Waals surface area contributed by atoms with Crippen molar-refractivity contribution >= 4 is 53.2 Å². The second-order valence-corrected chi connectivity index (χ2v) is 4.66. The van der Waals surface area contributed by atoms with Crippen LogP contribution in [0.5, 0.6) is 0 Å². The highest BCUT2D eigenvalue weighted by molar-refractivity contribution is 6.66. The number of rotatable bonds is 1. The molecule has 0 amide bonds. The topological polar surface area (TPSA) is 37.3 Å². The van der Waals surface area contributed by atoms with Gasteiger partial charge in [-0.2, -0.15) is 0 Å². The number of carbonyl (C=O) groups is 1. The van der Waals surface area contributed by atoms with E-state index in [4.69, 9.17) is 39.9 Å². The Morgan fingerprint density at radius 3 is 1.86 bits per heavy atom. The largest absolute Gasteiger partial charge is 0.478 e. The van der Waals surface area contributed by atoms with Crippen LogP contribution >= 0.6 is 47.2 Å². The first-order valence-corrected chi connectivity index (χ1v) is 4.45. The molecule has 1 aromatic carbocycles. The van der Waals surface area contributed by atoms with Gasteiger partial charge >= 0.3 is 5.97 Å². The fourth-order valence-corrected chi connectivity index (χ4v) is 1.18. The molecule has 1 aromatic rings. The summed E-state index contributed by atoms with van der Waals surface area (Å²) < 4.78 is -1.50. The maximum absolute atomic E-state index is 10.5. The van der Waals surface area contributed by atoms with Crippen LogP contribution in [-0.4, -0.2) is 11.1 Å². The minimum Gasteiger partial charge on any atom is -0.478 e. The molecule has 0 radical (unpaired) electrons. The molecule has 1 N–H and O–H groups in total.